The second-order valence-corrected chi connectivity index (χ2v) is 9.17. The van der Waals surface area contributed by atoms with Gasteiger partial charge in [0.15, 0.2) is 0 Å². The number of aliphatic imine (C=N–C) groups is 1. The van der Waals surface area contributed by atoms with Crippen LogP contribution in [0.4, 0.5) is 5.82 Å². The molecule has 0 amide bonds. The zero-order valence-corrected chi connectivity index (χ0v) is 20.1. The van der Waals surface area contributed by atoms with Gasteiger partial charge in [0.25, 0.3) is 0 Å². The molecule has 6 nitrogen and oxygen atoms in total. The van der Waals surface area contributed by atoms with Crippen molar-refractivity contribution >= 4 is 12.0 Å². The lowest BCUT2D eigenvalue weighted by atomic mass is 9.79. The molecule has 0 aromatic carbocycles. The Labute approximate surface area is 192 Å². The zero-order chi connectivity index (χ0) is 23.1. The highest BCUT2D eigenvalue weighted by molar-refractivity contribution is 5.79. The Morgan fingerprint density at radius 3 is 2.66 bits per heavy atom. The third-order valence-electron chi connectivity index (χ3n) is 6.14. The van der Waals surface area contributed by atoms with E-state index >= 15 is 0 Å². The highest BCUT2D eigenvalue weighted by atomic mass is 16.5. The van der Waals surface area contributed by atoms with Crippen molar-refractivity contribution in [3.8, 4) is 11.1 Å². The molecule has 172 valence electrons. The van der Waals surface area contributed by atoms with Crippen molar-refractivity contribution in [3.63, 3.8) is 0 Å². The summed E-state index contributed by atoms with van der Waals surface area (Å²) in [7, 11) is 1.66. The number of ether oxygens (including phenoxy) is 1. The van der Waals surface area contributed by atoms with Crippen LogP contribution in [-0.4, -0.2) is 34.6 Å². The first-order valence-corrected chi connectivity index (χ1v) is 11.6. The summed E-state index contributed by atoms with van der Waals surface area (Å²) in [6, 6.07) is 4.51. The quantitative estimate of drug-likeness (QED) is 0.372. The normalized spacial score (nSPS) is 18.7. The molecular weight excluding hydrogens is 398 g/mol. The fourth-order valence-corrected chi connectivity index (χ4v) is 4.10. The van der Waals surface area contributed by atoms with Crippen molar-refractivity contribution in [1.29, 1.82) is 0 Å². The van der Waals surface area contributed by atoms with Gasteiger partial charge in [0, 0.05) is 36.8 Å². The van der Waals surface area contributed by atoms with Crippen LogP contribution in [0.3, 0.4) is 0 Å². The summed E-state index contributed by atoms with van der Waals surface area (Å²) in [5.74, 6) is 2.75. The molecule has 1 aliphatic carbocycles. The van der Waals surface area contributed by atoms with E-state index in [0.717, 1.165) is 47.5 Å². The van der Waals surface area contributed by atoms with Crippen molar-refractivity contribution in [3.05, 3.63) is 54.3 Å². The van der Waals surface area contributed by atoms with Gasteiger partial charge in [0.2, 0.25) is 5.88 Å². The number of methoxy groups -OCH3 is 1. The average Bonchev–Trinajstić information content (AvgIpc) is 3.29. The number of rotatable bonds is 9. The van der Waals surface area contributed by atoms with Gasteiger partial charge in [-0.05, 0) is 94.1 Å². The number of anilines is 1. The summed E-state index contributed by atoms with van der Waals surface area (Å²) in [6.07, 6.45) is 12.4. The van der Waals surface area contributed by atoms with Crippen LogP contribution in [0.2, 0.25) is 0 Å². The zero-order valence-electron chi connectivity index (χ0n) is 20.1. The van der Waals surface area contributed by atoms with Crippen molar-refractivity contribution < 1.29 is 4.74 Å². The van der Waals surface area contributed by atoms with E-state index in [1.54, 1.807) is 7.11 Å². The topological polar surface area (TPSA) is 64.3 Å². The van der Waals surface area contributed by atoms with Crippen molar-refractivity contribution in [2.24, 2.45) is 16.8 Å². The second-order valence-electron chi connectivity index (χ2n) is 9.17. The van der Waals surface area contributed by atoms with Crippen LogP contribution in [0.1, 0.15) is 59.4 Å². The molecule has 0 saturated heterocycles. The molecule has 1 aliphatic rings. The first-order valence-electron chi connectivity index (χ1n) is 11.6. The van der Waals surface area contributed by atoms with Crippen LogP contribution in [0.5, 0.6) is 0 Å². The van der Waals surface area contributed by atoms with E-state index in [4.69, 9.17) is 4.74 Å². The molecule has 0 radical (unpaired) electrons. The molecule has 32 heavy (non-hydrogen) atoms. The average molecular weight is 436 g/mol. The van der Waals surface area contributed by atoms with Crippen molar-refractivity contribution in [2.45, 2.75) is 59.4 Å². The van der Waals surface area contributed by atoms with E-state index in [1.807, 2.05) is 43.2 Å². The molecule has 0 atom stereocenters. The number of nitrogens with zero attached hydrogens (tertiary/aromatic N) is 4. The van der Waals surface area contributed by atoms with Gasteiger partial charge < -0.3 is 10.1 Å². The Morgan fingerprint density at radius 1 is 1.28 bits per heavy atom. The third kappa shape index (κ3) is 6.31. The molecular formula is C26H37N5O. The number of hydrogen-bond acceptors (Lipinski definition) is 5. The summed E-state index contributed by atoms with van der Waals surface area (Å²) in [4.78, 5) is 8.97. The van der Waals surface area contributed by atoms with Crippen molar-refractivity contribution in [1.82, 2.24) is 14.8 Å². The molecule has 3 rings (SSSR count). The molecule has 0 bridgehead atoms. The Balaban J connectivity index is 1.49. The maximum atomic E-state index is 5.31. The maximum Gasteiger partial charge on any atom is 0.211 e. The van der Waals surface area contributed by atoms with E-state index in [-0.39, 0.29) is 0 Å². The van der Waals surface area contributed by atoms with Gasteiger partial charge in [-0.15, -0.1) is 0 Å². The molecule has 0 spiro atoms. The minimum absolute atomic E-state index is 0.356. The van der Waals surface area contributed by atoms with Gasteiger partial charge in [0.05, 0.1) is 13.3 Å². The van der Waals surface area contributed by atoms with Gasteiger partial charge in [-0.3, -0.25) is 4.68 Å². The minimum Gasteiger partial charge on any atom is -0.481 e. The highest BCUT2D eigenvalue weighted by Gasteiger charge is 2.22. The number of aromatic nitrogens is 3. The van der Waals surface area contributed by atoms with Crippen molar-refractivity contribution in [2.75, 3.05) is 19.0 Å². The monoisotopic (exact) mass is 435 g/mol. The minimum atomic E-state index is 0.356. The predicted octanol–water partition coefficient (Wildman–Crippen LogP) is 6.27. The highest BCUT2D eigenvalue weighted by Crippen LogP contribution is 2.32. The number of pyridine rings is 1. The van der Waals surface area contributed by atoms with Gasteiger partial charge in [-0.1, -0.05) is 6.58 Å². The standard InChI is InChI=1S/C26H37N5O/c1-18(2)26(32-6)29-14-20(5)22-9-7-21(8-10-22)15-28-25-13-23(11-12-27-25)24-16-30-31(17-24)19(3)4/h11-14,16-17,19,21-22H,5,7-10,15H2,1-4,6H3,(H,27,28)/b29-14-/t21-,22-. The SMILES string of the molecule is C=C(/C=N\C(OC)=C(C)C)[C@H]1CC[C@H](CNc2cc(-c3cnn(C(C)C)c3)ccn2)CC1. The van der Waals surface area contributed by atoms with Crippen LogP contribution in [0, 0.1) is 11.8 Å². The fraction of sp³-hybridized carbons (Fsp3) is 0.500. The largest absolute Gasteiger partial charge is 0.481 e. The van der Waals surface area contributed by atoms with E-state index in [0.29, 0.717) is 23.8 Å². The van der Waals surface area contributed by atoms with E-state index < -0.39 is 0 Å². The molecule has 0 aliphatic heterocycles. The number of hydrogen-bond donors (Lipinski definition) is 1. The van der Waals surface area contributed by atoms with Gasteiger partial charge in [-0.25, -0.2) is 9.98 Å². The number of nitrogens with one attached hydrogen (secondary N) is 1. The smallest absolute Gasteiger partial charge is 0.211 e. The first-order chi connectivity index (χ1) is 15.4. The lowest BCUT2D eigenvalue weighted by Gasteiger charge is -2.29. The molecule has 2 aromatic rings. The Hall–Kier alpha value is -2.89. The van der Waals surface area contributed by atoms with Crippen LogP contribution in [0.25, 0.3) is 11.1 Å². The summed E-state index contributed by atoms with van der Waals surface area (Å²) in [5.41, 5.74) is 4.43. The van der Waals surface area contributed by atoms with E-state index in [2.05, 4.69) is 53.1 Å². The summed E-state index contributed by atoms with van der Waals surface area (Å²) < 4.78 is 7.29. The molecule has 1 N–H and O–H groups in total. The third-order valence-corrected chi connectivity index (χ3v) is 6.14. The van der Waals surface area contributed by atoms with Gasteiger partial charge >= 0.3 is 0 Å². The molecule has 6 heteroatoms. The Morgan fingerprint density at radius 2 is 2.03 bits per heavy atom. The van der Waals surface area contributed by atoms with Crippen LogP contribution < -0.4 is 5.32 Å². The molecule has 1 saturated carbocycles. The Kier molecular flexibility index (Phi) is 8.26. The van der Waals surface area contributed by atoms with E-state index in [9.17, 15) is 0 Å². The summed E-state index contributed by atoms with van der Waals surface area (Å²) in [6.45, 7) is 13.5. The first kappa shape index (κ1) is 23.8. The Bertz CT molecular complexity index is 960. The molecule has 2 aromatic heterocycles. The van der Waals surface area contributed by atoms with Gasteiger partial charge in [-0.2, -0.15) is 5.10 Å². The molecule has 0 unspecified atom stereocenters. The lowest BCUT2D eigenvalue weighted by molar-refractivity contribution is 0.284. The summed E-state index contributed by atoms with van der Waals surface area (Å²) >= 11 is 0. The van der Waals surface area contributed by atoms with Crippen LogP contribution >= 0.6 is 0 Å². The lowest BCUT2D eigenvalue weighted by Crippen LogP contribution is -2.22. The molecule has 2 heterocycles. The van der Waals surface area contributed by atoms with Crippen LogP contribution in [0.15, 0.2) is 59.3 Å². The maximum absolute atomic E-state index is 5.31. The summed E-state index contributed by atoms with van der Waals surface area (Å²) in [5, 5.41) is 8.00. The van der Waals surface area contributed by atoms with Gasteiger partial charge in [0.1, 0.15) is 5.82 Å². The van der Waals surface area contributed by atoms with E-state index in [1.165, 1.54) is 12.8 Å². The molecule has 1 fully saturated rings. The second kappa shape index (κ2) is 11.1. The fourth-order valence-electron chi connectivity index (χ4n) is 4.10. The number of allylic oxidation sites excluding steroid dienone is 2. The van der Waals surface area contributed by atoms with Crippen LogP contribution in [-0.2, 0) is 4.74 Å². The predicted molar refractivity (Wildman–Crippen MR) is 133 cm³/mol.